The maximum Gasteiger partial charge on any atom is 0.269 e. The predicted molar refractivity (Wildman–Crippen MR) is 102 cm³/mol. The lowest BCUT2D eigenvalue weighted by Gasteiger charge is -2.46. The van der Waals surface area contributed by atoms with Crippen LogP contribution < -0.4 is 10.2 Å². The van der Waals surface area contributed by atoms with Gasteiger partial charge in [0.15, 0.2) is 0 Å². The summed E-state index contributed by atoms with van der Waals surface area (Å²) in [5, 5.41) is 2.47. The molecule has 0 unspecified atom stereocenters. The minimum absolute atomic E-state index is 0.116. The van der Waals surface area contributed by atoms with Gasteiger partial charge in [0, 0.05) is 39.8 Å². The molecule has 1 aliphatic heterocycles. The Morgan fingerprint density at radius 3 is 2.42 bits per heavy atom. The molecule has 26 heavy (non-hydrogen) atoms. The third-order valence-electron chi connectivity index (χ3n) is 5.98. The van der Waals surface area contributed by atoms with Crippen molar-refractivity contribution < 1.29 is 9.18 Å². The van der Waals surface area contributed by atoms with E-state index >= 15 is 0 Å². The summed E-state index contributed by atoms with van der Waals surface area (Å²) < 4.78 is 14.3. The second-order valence-electron chi connectivity index (χ2n) is 8.77. The summed E-state index contributed by atoms with van der Waals surface area (Å²) in [6, 6.07) is 3.26. The number of piperazine rings is 1. The molecule has 1 aromatic rings. The zero-order valence-electron chi connectivity index (χ0n) is 16.4. The second-order valence-corrected chi connectivity index (χ2v) is 8.77. The molecule has 1 saturated carbocycles. The molecule has 0 spiro atoms. The lowest BCUT2D eigenvalue weighted by atomic mass is 9.63. The molecule has 1 aromatic heterocycles. The van der Waals surface area contributed by atoms with E-state index in [-0.39, 0.29) is 11.6 Å². The molecule has 1 aliphatic carbocycles. The monoisotopic (exact) mass is 362 g/mol. The van der Waals surface area contributed by atoms with Crippen LogP contribution in [0, 0.1) is 23.2 Å². The Hall–Kier alpha value is -1.69. The Bertz CT molecular complexity index is 644. The fraction of sp³-hybridized carbons (Fsp3) is 0.700. The number of aromatic nitrogens is 1. The highest BCUT2D eigenvalue weighted by molar-refractivity contribution is 5.92. The highest BCUT2D eigenvalue weighted by Gasteiger charge is 2.38. The van der Waals surface area contributed by atoms with Crippen molar-refractivity contribution in [3.05, 3.63) is 23.8 Å². The average molecular weight is 362 g/mol. The van der Waals surface area contributed by atoms with Crippen molar-refractivity contribution in [3.8, 4) is 0 Å². The predicted octanol–water partition coefficient (Wildman–Crippen LogP) is 2.77. The first-order valence-corrected chi connectivity index (χ1v) is 9.64. The lowest BCUT2D eigenvalue weighted by Crippen LogP contribution is -2.50. The SMILES string of the molecule is CNC(=O)c1ccc(N2CCN(CC3CC(C(C)(C)C)C3)CC2)c(F)n1. The summed E-state index contributed by atoms with van der Waals surface area (Å²) in [7, 11) is 1.51. The maximum absolute atomic E-state index is 14.3. The standard InChI is InChI=1S/C20H31FN4O/c1-20(2,3)15-11-14(12-15)13-24-7-9-25(10-8-24)17-6-5-16(19(26)22-4)23-18(17)21/h5-6,14-15H,7-13H2,1-4H3,(H,22,26). The molecule has 0 aromatic carbocycles. The van der Waals surface area contributed by atoms with Crippen molar-refractivity contribution in [2.24, 2.45) is 17.3 Å². The summed E-state index contributed by atoms with van der Waals surface area (Å²) in [6.07, 6.45) is 2.67. The van der Waals surface area contributed by atoms with Crippen LogP contribution >= 0.6 is 0 Å². The van der Waals surface area contributed by atoms with E-state index in [0.717, 1.165) is 44.6 Å². The lowest BCUT2D eigenvalue weighted by molar-refractivity contribution is 0.0486. The molecule has 2 heterocycles. The molecule has 1 N–H and O–H groups in total. The van der Waals surface area contributed by atoms with E-state index in [2.05, 4.69) is 36.0 Å². The van der Waals surface area contributed by atoms with Gasteiger partial charge < -0.3 is 10.2 Å². The minimum atomic E-state index is -0.563. The van der Waals surface area contributed by atoms with Crippen molar-refractivity contribution in [2.75, 3.05) is 44.7 Å². The van der Waals surface area contributed by atoms with Crippen LogP contribution in [0.3, 0.4) is 0 Å². The van der Waals surface area contributed by atoms with Crippen LogP contribution in [-0.2, 0) is 0 Å². The fourth-order valence-corrected chi connectivity index (χ4v) is 4.05. The fourth-order valence-electron chi connectivity index (χ4n) is 4.05. The normalized spacial score (nSPS) is 24.3. The van der Waals surface area contributed by atoms with Crippen LogP contribution in [0.2, 0.25) is 0 Å². The number of carbonyl (C=O) groups is 1. The van der Waals surface area contributed by atoms with Gasteiger partial charge in [0.2, 0.25) is 5.95 Å². The summed E-state index contributed by atoms with van der Waals surface area (Å²) >= 11 is 0. The van der Waals surface area contributed by atoms with Gasteiger partial charge >= 0.3 is 0 Å². The molecule has 6 heteroatoms. The number of nitrogens with zero attached hydrogens (tertiary/aromatic N) is 3. The molecule has 1 amide bonds. The van der Waals surface area contributed by atoms with Gasteiger partial charge in [0.25, 0.3) is 5.91 Å². The number of hydrogen-bond acceptors (Lipinski definition) is 4. The highest BCUT2D eigenvalue weighted by Crippen LogP contribution is 2.45. The molecular weight excluding hydrogens is 331 g/mol. The van der Waals surface area contributed by atoms with E-state index in [4.69, 9.17) is 0 Å². The van der Waals surface area contributed by atoms with E-state index in [1.807, 2.05) is 4.90 Å². The van der Waals surface area contributed by atoms with E-state index < -0.39 is 5.95 Å². The number of nitrogens with one attached hydrogen (secondary N) is 1. The van der Waals surface area contributed by atoms with Gasteiger partial charge in [0.1, 0.15) is 5.69 Å². The van der Waals surface area contributed by atoms with Gasteiger partial charge in [-0.15, -0.1) is 0 Å². The summed E-state index contributed by atoms with van der Waals surface area (Å²) in [4.78, 5) is 19.9. The Labute approximate surface area is 156 Å². The number of rotatable bonds is 4. The first kappa shape index (κ1) is 19.1. The zero-order valence-corrected chi connectivity index (χ0v) is 16.4. The molecule has 0 atom stereocenters. The van der Waals surface area contributed by atoms with Gasteiger partial charge in [-0.05, 0) is 42.2 Å². The molecule has 2 fully saturated rings. The molecule has 1 saturated heterocycles. The van der Waals surface area contributed by atoms with Gasteiger partial charge in [-0.1, -0.05) is 20.8 Å². The Morgan fingerprint density at radius 2 is 1.88 bits per heavy atom. The smallest absolute Gasteiger partial charge is 0.269 e. The van der Waals surface area contributed by atoms with Crippen molar-refractivity contribution in [3.63, 3.8) is 0 Å². The third-order valence-corrected chi connectivity index (χ3v) is 5.98. The van der Waals surface area contributed by atoms with Crippen LogP contribution in [0.1, 0.15) is 44.1 Å². The Morgan fingerprint density at radius 1 is 1.23 bits per heavy atom. The largest absolute Gasteiger partial charge is 0.365 e. The quantitative estimate of drug-likeness (QED) is 0.837. The number of amides is 1. The first-order chi connectivity index (χ1) is 12.3. The molecule has 2 aliphatic rings. The molecule has 144 valence electrons. The van der Waals surface area contributed by atoms with E-state index in [1.54, 1.807) is 12.1 Å². The van der Waals surface area contributed by atoms with Gasteiger partial charge in [-0.3, -0.25) is 9.69 Å². The Kier molecular flexibility index (Phi) is 5.51. The number of anilines is 1. The molecule has 0 radical (unpaired) electrons. The topological polar surface area (TPSA) is 48.5 Å². The molecular formula is C20H31FN4O. The molecule has 3 rings (SSSR count). The zero-order chi connectivity index (χ0) is 18.9. The van der Waals surface area contributed by atoms with Crippen LogP contribution in [0.5, 0.6) is 0 Å². The van der Waals surface area contributed by atoms with E-state index in [0.29, 0.717) is 11.1 Å². The van der Waals surface area contributed by atoms with Crippen molar-refractivity contribution >= 4 is 11.6 Å². The van der Waals surface area contributed by atoms with E-state index in [1.165, 1.54) is 19.9 Å². The third kappa shape index (κ3) is 4.17. The van der Waals surface area contributed by atoms with Crippen molar-refractivity contribution in [2.45, 2.75) is 33.6 Å². The van der Waals surface area contributed by atoms with Crippen LogP contribution in [-0.4, -0.2) is 55.6 Å². The number of halogens is 1. The minimum Gasteiger partial charge on any atom is -0.365 e. The number of carbonyl (C=O) groups excluding carboxylic acids is 1. The molecule has 0 bridgehead atoms. The average Bonchev–Trinajstić information content (AvgIpc) is 2.56. The van der Waals surface area contributed by atoms with Crippen LogP contribution in [0.4, 0.5) is 10.1 Å². The number of pyridine rings is 1. The summed E-state index contributed by atoms with van der Waals surface area (Å²) in [5.41, 5.74) is 1.04. The highest BCUT2D eigenvalue weighted by atomic mass is 19.1. The first-order valence-electron chi connectivity index (χ1n) is 9.64. The van der Waals surface area contributed by atoms with Crippen molar-refractivity contribution in [1.29, 1.82) is 0 Å². The van der Waals surface area contributed by atoms with Gasteiger partial charge in [-0.25, -0.2) is 4.98 Å². The summed E-state index contributed by atoms with van der Waals surface area (Å²) in [5.74, 6) is 0.740. The number of hydrogen-bond donors (Lipinski definition) is 1. The second kappa shape index (κ2) is 7.51. The van der Waals surface area contributed by atoms with Gasteiger partial charge in [0.05, 0.1) is 5.69 Å². The van der Waals surface area contributed by atoms with E-state index in [9.17, 15) is 9.18 Å². The van der Waals surface area contributed by atoms with Crippen molar-refractivity contribution in [1.82, 2.24) is 15.2 Å². The van der Waals surface area contributed by atoms with Crippen LogP contribution in [0.15, 0.2) is 12.1 Å². The summed E-state index contributed by atoms with van der Waals surface area (Å²) in [6.45, 7) is 11.7. The van der Waals surface area contributed by atoms with Crippen LogP contribution in [0.25, 0.3) is 0 Å². The Balaban J connectivity index is 1.49. The molecule has 5 nitrogen and oxygen atoms in total. The maximum atomic E-state index is 14.3. The van der Waals surface area contributed by atoms with Gasteiger partial charge in [-0.2, -0.15) is 4.39 Å².